The third kappa shape index (κ3) is 3.24. The molecule has 2 aromatic carbocycles. The maximum absolute atomic E-state index is 12.4. The van der Waals surface area contributed by atoms with Gasteiger partial charge in [-0.2, -0.15) is 5.26 Å². The zero-order valence-electron chi connectivity index (χ0n) is 13.7. The Kier molecular flexibility index (Phi) is 4.53. The second-order valence-electron chi connectivity index (χ2n) is 5.46. The molecule has 124 valence electrons. The van der Waals surface area contributed by atoms with Gasteiger partial charge in [0.25, 0.3) is 5.56 Å². The third-order valence-electron chi connectivity index (χ3n) is 3.84. The number of benzene rings is 2. The van der Waals surface area contributed by atoms with Gasteiger partial charge in [0.05, 0.1) is 6.61 Å². The molecule has 3 aromatic rings. The summed E-state index contributed by atoms with van der Waals surface area (Å²) in [4.78, 5) is 15.2. The second-order valence-corrected chi connectivity index (χ2v) is 5.46. The lowest BCUT2D eigenvalue weighted by Crippen LogP contribution is -2.13. The molecule has 1 heterocycles. The van der Waals surface area contributed by atoms with E-state index in [0.29, 0.717) is 34.9 Å². The molecule has 0 fully saturated rings. The van der Waals surface area contributed by atoms with Gasteiger partial charge in [-0.15, -0.1) is 0 Å². The number of aromatic nitrogens is 1. The lowest BCUT2D eigenvalue weighted by atomic mass is 9.98. The van der Waals surface area contributed by atoms with Gasteiger partial charge in [0.1, 0.15) is 17.4 Å². The molecule has 25 heavy (non-hydrogen) atoms. The van der Waals surface area contributed by atoms with Gasteiger partial charge >= 0.3 is 0 Å². The van der Waals surface area contributed by atoms with Crippen LogP contribution in [0.2, 0.25) is 0 Å². The van der Waals surface area contributed by atoms with Crippen LogP contribution in [-0.4, -0.2) is 11.6 Å². The van der Waals surface area contributed by atoms with Crippen LogP contribution in [0, 0.1) is 11.3 Å². The van der Waals surface area contributed by atoms with Crippen molar-refractivity contribution in [3.8, 4) is 34.2 Å². The van der Waals surface area contributed by atoms with E-state index in [0.717, 1.165) is 5.56 Å². The van der Waals surface area contributed by atoms with Crippen LogP contribution < -0.4 is 16.0 Å². The summed E-state index contributed by atoms with van der Waals surface area (Å²) < 4.78 is 5.65. The number of H-pyrrole nitrogens is 1. The van der Waals surface area contributed by atoms with Gasteiger partial charge in [0.2, 0.25) is 0 Å². The molecular formula is C20H17N3O2. The number of nitrogens with zero attached hydrogens (tertiary/aromatic N) is 1. The van der Waals surface area contributed by atoms with Crippen molar-refractivity contribution >= 4 is 5.69 Å². The minimum absolute atomic E-state index is 0.0614. The summed E-state index contributed by atoms with van der Waals surface area (Å²) >= 11 is 0. The van der Waals surface area contributed by atoms with Crippen LogP contribution in [0.25, 0.3) is 22.4 Å². The lowest BCUT2D eigenvalue weighted by molar-refractivity contribution is 0.341. The van der Waals surface area contributed by atoms with E-state index in [-0.39, 0.29) is 5.56 Å². The van der Waals surface area contributed by atoms with Crippen molar-refractivity contribution in [2.75, 3.05) is 12.3 Å². The molecule has 0 radical (unpaired) electrons. The molecule has 0 bridgehead atoms. The first kappa shape index (κ1) is 16.3. The van der Waals surface area contributed by atoms with Crippen molar-refractivity contribution in [3.05, 3.63) is 70.5 Å². The largest absolute Gasteiger partial charge is 0.493 e. The fraction of sp³-hybridized carbons (Fsp3) is 0.100. The number of nitriles is 1. The van der Waals surface area contributed by atoms with Crippen LogP contribution in [0.1, 0.15) is 12.5 Å². The van der Waals surface area contributed by atoms with Crippen LogP contribution in [0.5, 0.6) is 5.75 Å². The van der Waals surface area contributed by atoms with Crippen LogP contribution in [0.4, 0.5) is 5.69 Å². The van der Waals surface area contributed by atoms with E-state index in [1.54, 1.807) is 18.2 Å². The molecule has 0 amide bonds. The maximum atomic E-state index is 12.4. The highest BCUT2D eigenvalue weighted by atomic mass is 16.5. The Morgan fingerprint density at radius 2 is 1.84 bits per heavy atom. The number of anilines is 1. The number of nitrogens with one attached hydrogen (secondary N) is 1. The van der Waals surface area contributed by atoms with Gasteiger partial charge in [-0.1, -0.05) is 30.3 Å². The quantitative estimate of drug-likeness (QED) is 0.715. The highest BCUT2D eigenvalue weighted by molar-refractivity contribution is 5.79. The highest BCUT2D eigenvalue weighted by Gasteiger charge is 2.15. The number of aromatic amines is 1. The molecular weight excluding hydrogens is 314 g/mol. The van der Waals surface area contributed by atoms with E-state index in [1.165, 1.54) is 0 Å². The Morgan fingerprint density at radius 1 is 1.12 bits per heavy atom. The summed E-state index contributed by atoms with van der Waals surface area (Å²) in [6.45, 7) is 2.38. The maximum Gasteiger partial charge on any atom is 0.266 e. The molecule has 0 aliphatic carbocycles. The smallest absolute Gasteiger partial charge is 0.266 e. The van der Waals surface area contributed by atoms with Crippen molar-refractivity contribution in [1.29, 1.82) is 5.26 Å². The molecule has 1 aromatic heterocycles. The first-order valence-corrected chi connectivity index (χ1v) is 7.89. The van der Waals surface area contributed by atoms with Crippen molar-refractivity contribution in [2.24, 2.45) is 0 Å². The van der Waals surface area contributed by atoms with Crippen molar-refractivity contribution in [2.45, 2.75) is 6.92 Å². The summed E-state index contributed by atoms with van der Waals surface area (Å²) in [5.41, 5.74) is 8.67. The number of nitrogen functional groups attached to an aromatic ring is 1. The molecule has 5 heteroatoms. The van der Waals surface area contributed by atoms with Gasteiger partial charge in [-0.3, -0.25) is 4.79 Å². The molecule has 3 N–H and O–H groups in total. The fourth-order valence-electron chi connectivity index (χ4n) is 2.67. The highest BCUT2D eigenvalue weighted by Crippen LogP contribution is 2.33. The molecule has 5 nitrogen and oxygen atoms in total. The van der Waals surface area contributed by atoms with Crippen molar-refractivity contribution in [1.82, 2.24) is 4.98 Å². The van der Waals surface area contributed by atoms with Gasteiger partial charge < -0.3 is 15.5 Å². The topological polar surface area (TPSA) is 91.9 Å². The van der Waals surface area contributed by atoms with E-state index >= 15 is 0 Å². The molecule has 0 aliphatic rings. The average Bonchev–Trinajstić information content (AvgIpc) is 2.62. The standard InChI is InChI=1S/C20H17N3O2/c1-2-25-19-6-4-3-5-15(19)16-11-18(23-20(24)17(16)12-21)13-7-9-14(22)10-8-13/h3-11H,2,22H2,1H3,(H,23,24). The minimum Gasteiger partial charge on any atom is -0.493 e. The summed E-state index contributed by atoms with van der Waals surface area (Å²) in [5, 5.41) is 9.45. The van der Waals surface area contributed by atoms with Crippen LogP contribution in [-0.2, 0) is 0 Å². The van der Waals surface area contributed by atoms with Gasteiger partial charge in [-0.05, 0) is 36.8 Å². The monoisotopic (exact) mass is 331 g/mol. The summed E-state index contributed by atoms with van der Waals surface area (Å²) in [7, 11) is 0. The predicted molar refractivity (Wildman–Crippen MR) is 98.2 cm³/mol. The minimum atomic E-state index is -0.432. The molecule has 0 spiro atoms. The van der Waals surface area contributed by atoms with E-state index < -0.39 is 5.56 Å². The molecule has 3 rings (SSSR count). The SMILES string of the molecule is CCOc1ccccc1-c1cc(-c2ccc(N)cc2)[nH]c(=O)c1C#N. The third-order valence-corrected chi connectivity index (χ3v) is 3.84. The zero-order valence-corrected chi connectivity index (χ0v) is 13.7. The number of nitrogens with two attached hydrogens (primary N) is 1. The Bertz CT molecular complexity index is 999. The number of pyridine rings is 1. The second kappa shape index (κ2) is 6.93. The van der Waals surface area contributed by atoms with Crippen LogP contribution >= 0.6 is 0 Å². The van der Waals surface area contributed by atoms with Crippen LogP contribution in [0.3, 0.4) is 0 Å². The van der Waals surface area contributed by atoms with Crippen molar-refractivity contribution < 1.29 is 4.74 Å². The van der Waals surface area contributed by atoms with Gasteiger partial charge in [0.15, 0.2) is 0 Å². The fourth-order valence-corrected chi connectivity index (χ4v) is 2.67. The first-order chi connectivity index (χ1) is 12.1. The van der Waals surface area contributed by atoms with E-state index in [1.807, 2.05) is 49.4 Å². The predicted octanol–water partition coefficient (Wildman–Crippen LogP) is 3.56. The lowest BCUT2D eigenvalue weighted by Gasteiger charge is -2.12. The zero-order chi connectivity index (χ0) is 17.8. The molecule has 0 saturated carbocycles. The van der Waals surface area contributed by atoms with Gasteiger partial charge in [0, 0.05) is 22.5 Å². The first-order valence-electron chi connectivity index (χ1n) is 7.89. The number of hydrogen-bond donors (Lipinski definition) is 2. The Morgan fingerprint density at radius 3 is 2.52 bits per heavy atom. The summed E-state index contributed by atoms with van der Waals surface area (Å²) in [6.07, 6.45) is 0. The van der Waals surface area contributed by atoms with Crippen molar-refractivity contribution in [3.63, 3.8) is 0 Å². The molecule has 0 atom stereocenters. The number of hydrogen-bond acceptors (Lipinski definition) is 4. The van der Waals surface area contributed by atoms with E-state index in [4.69, 9.17) is 10.5 Å². The average molecular weight is 331 g/mol. The molecule has 0 aliphatic heterocycles. The van der Waals surface area contributed by atoms with Crippen LogP contribution in [0.15, 0.2) is 59.4 Å². The Balaban J connectivity index is 2.24. The number of ether oxygens (including phenoxy) is 1. The summed E-state index contributed by atoms with van der Waals surface area (Å²) in [6, 6.07) is 18.3. The Hall–Kier alpha value is -3.52. The van der Waals surface area contributed by atoms with Gasteiger partial charge in [-0.25, -0.2) is 0 Å². The molecule has 0 saturated heterocycles. The number of rotatable bonds is 4. The number of para-hydroxylation sites is 1. The normalized spacial score (nSPS) is 10.2. The molecule has 0 unspecified atom stereocenters. The Labute approximate surface area is 145 Å². The van der Waals surface area contributed by atoms with E-state index in [2.05, 4.69) is 4.98 Å². The van der Waals surface area contributed by atoms with E-state index in [9.17, 15) is 10.1 Å². The summed E-state index contributed by atoms with van der Waals surface area (Å²) in [5.74, 6) is 0.635.